The zero-order valence-corrected chi connectivity index (χ0v) is 13.9. The third kappa shape index (κ3) is 3.01. The highest BCUT2D eigenvalue weighted by Gasteiger charge is 2.38. The van der Waals surface area contributed by atoms with E-state index in [1.54, 1.807) is 6.92 Å². The molecule has 0 aliphatic heterocycles. The van der Waals surface area contributed by atoms with Crippen molar-refractivity contribution in [1.82, 2.24) is 0 Å². The molecule has 1 aromatic rings. The fourth-order valence-corrected chi connectivity index (χ4v) is 4.90. The van der Waals surface area contributed by atoms with Crippen LogP contribution in [0.4, 0.5) is 10.7 Å². The fraction of sp³-hybridized carbons (Fsp3) is 0.615. The molecule has 1 fully saturated rings. The van der Waals surface area contributed by atoms with E-state index in [1.807, 2.05) is 0 Å². The minimum Gasteiger partial charge on any atom is -0.465 e. The van der Waals surface area contributed by atoms with Gasteiger partial charge in [0.1, 0.15) is 14.8 Å². The van der Waals surface area contributed by atoms with Gasteiger partial charge in [0.05, 0.1) is 18.6 Å². The van der Waals surface area contributed by atoms with Gasteiger partial charge in [-0.25, -0.2) is 13.2 Å². The summed E-state index contributed by atoms with van der Waals surface area (Å²) >= 11 is 1.05. The van der Waals surface area contributed by atoms with Crippen molar-refractivity contribution in [2.45, 2.75) is 37.6 Å². The average Bonchev–Trinajstić information content (AvgIpc) is 3.12. The van der Waals surface area contributed by atoms with Crippen LogP contribution in [0.5, 0.6) is 0 Å². The van der Waals surface area contributed by atoms with Gasteiger partial charge in [0.15, 0.2) is 9.84 Å². The summed E-state index contributed by atoms with van der Waals surface area (Å²) in [5.74, 6) is -0.126. The molecule has 2 atom stereocenters. The maximum absolute atomic E-state index is 12.3. The molecule has 6 nitrogen and oxygen atoms in total. The van der Waals surface area contributed by atoms with Gasteiger partial charge in [0.25, 0.3) is 0 Å². The second-order valence-corrected chi connectivity index (χ2v) is 8.29. The number of nitrogens with two attached hydrogens (primary N) is 1. The van der Waals surface area contributed by atoms with Gasteiger partial charge in [-0.05, 0) is 12.3 Å². The number of thiophene rings is 1. The van der Waals surface area contributed by atoms with Gasteiger partial charge < -0.3 is 15.8 Å². The molecule has 0 aromatic carbocycles. The quantitative estimate of drug-likeness (QED) is 0.774. The topological polar surface area (TPSA) is 98.5 Å². The van der Waals surface area contributed by atoms with Crippen LogP contribution in [0, 0.1) is 5.92 Å². The largest absolute Gasteiger partial charge is 0.465 e. The van der Waals surface area contributed by atoms with Gasteiger partial charge in [-0.3, -0.25) is 0 Å². The van der Waals surface area contributed by atoms with E-state index in [0.29, 0.717) is 10.9 Å². The molecular formula is C13H20N2O4S2. The molecule has 2 unspecified atom stereocenters. The minimum absolute atomic E-state index is 0.00935. The van der Waals surface area contributed by atoms with Crippen molar-refractivity contribution in [1.29, 1.82) is 0 Å². The van der Waals surface area contributed by atoms with Crippen molar-refractivity contribution in [3.63, 3.8) is 0 Å². The second-order valence-electron chi connectivity index (χ2n) is 5.05. The van der Waals surface area contributed by atoms with Crippen LogP contribution in [0.3, 0.4) is 0 Å². The number of carbonyl (C=O) groups is 1. The van der Waals surface area contributed by atoms with Gasteiger partial charge in [-0.15, -0.1) is 11.3 Å². The van der Waals surface area contributed by atoms with E-state index in [2.05, 4.69) is 17.0 Å². The Morgan fingerprint density at radius 3 is 2.62 bits per heavy atom. The Morgan fingerprint density at radius 1 is 1.48 bits per heavy atom. The van der Waals surface area contributed by atoms with Crippen molar-refractivity contribution in [2.75, 3.05) is 23.9 Å². The van der Waals surface area contributed by atoms with Crippen LogP contribution in [0.2, 0.25) is 0 Å². The molecule has 3 N–H and O–H groups in total. The van der Waals surface area contributed by atoms with E-state index in [-0.39, 0.29) is 27.3 Å². The number of methoxy groups -OCH3 is 1. The van der Waals surface area contributed by atoms with Gasteiger partial charge in [0, 0.05) is 6.04 Å². The van der Waals surface area contributed by atoms with Crippen molar-refractivity contribution in [3.05, 3.63) is 4.88 Å². The molecular weight excluding hydrogens is 312 g/mol. The molecule has 0 saturated heterocycles. The first-order chi connectivity index (χ1) is 9.85. The summed E-state index contributed by atoms with van der Waals surface area (Å²) in [5, 5.41) is 3.67. The van der Waals surface area contributed by atoms with Crippen molar-refractivity contribution in [3.8, 4) is 0 Å². The number of rotatable bonds is 6. The van der Waals surface area contributed by atoms with E-state index in [0.717, 1.165) is 24.2 Å². The zero-order chi connectivity index (χ0) is 15.8. The molecule has 0 amide bonds. The highest BCUT2D eigenvalue weighted by atomic mass is 32.2. The Labute approximate surface area is 128 Å². The van der Waals surface area contributed by atoms with Crippen molar-refractivity contribution >= 4 is 37.8 Å². The normalized spacial score (nSPS) is 21.1. The first kappa shape index (κ1) is 16.1. The van der Waals surface area contributed by atoms with Crippen LogP contribution in [0.1, 0.15) is 36.4 Å². The highest BCUT2D eigenvalue weighted by molar-refractivity contribution is 7.91. The average molecular weight is 332 g/mol. The maximum Gasteiger partial charge on any atom is 0.350 e. The lowest BCUT2D eigenvalue weighted by Gasteiger charge is -2.07. The van der Waals surface area contributed by atoms with Crippen molar-refractivity contribution in [2.24, 2.45) is 5.92 Å². The van der Waals surface area contributed by atoms with E-state index >= 15 is 0 Å². The lowest BCUT2D eigenvalue weighted by Crippen LogP contribution is -2.11. The monoisotopic (exact) mass is 332 g/mol. The maximum atomic E-state index is 12.3. The van der Waals surface area contributed by atoms with Crippen LogP contribution < -0.4 is 11.1 Å². The first-order valence-electron chi connectivity index (χ1n) is 6.85. The number of nitrogen functional groups attached to an aromatic ring is 1. The number of sulfone groups is 1. The molecule has 1 heterocycles. The molecule has 0 spiro atoms. The van der Waals surface area contributed by atoms with Crippen LogP contribution in [-0.2, 0) is 14.6 Å². The lowest BCUT2D eigenvalue weighted by molar-refractivity contribution is 0.0607. The Bertz CT molecular complexity index is 651. The predicted octanol–water partition coefficient (Wildman–Crippen LogP) is 2.12. The Morgan fingerprint density at radius 2 is 2.14 bits per heavy atom. The van der Waals surface area contributed by atoms with E-state index in [9.17, 15) is 13.2 Å². The molecule has 1 aliphatic rings. The number of hydrogen-bond acceptors (Lipinski definition) is 7. The number of nitrogens with one attached hydrogen (secondary N) is 1. The SMILES string of the molecule is CCC1CC1Nc1sc(C(=O)OC)c(N)c1S(=O)(=O)CC. The standard InChI is InChI=1S/C13H20N2O4S2/c1-4-7-6-8(7)15-12-11(21(17,18)5-2)9(14)10(20-12)13(16)19-3/h7-8,15H,4-6,14H2,1-3H3. The van der Waals surface area contributed by atoms with Crippen LogP contribution in [0.25, 0.3) is 0 Å². The van der Waals surface area contributed by atoms with E-state index in [4.69, 9.17) is 5.73 Å². The molecule has 0 bridgehead atoms. The molecule has 1 aromatic heterocycles. The predicted molar refractivity (Wildman–Crippen MR) is 83.6 cm³/mol. The third-order valence-corrected chi connectivity index (χ3v) is 6.78. The van der Waals surface area contributed by atoms with Gasteiger partial charge >= 0.3 is 5.97 Å². The highest BCUT2D eigenvalue weighted by Crippen LogP contribution is 2.44. The van der Waals surface area contributed by atoms with E-state index < -0.39 is 15.8 Å². The molecule has 0 radical (unpaired) electrons. The minimum atomic E-state index is -3.51. The third-order valence-electron chi connectivity index (χ3n) is 3.72. The smallest absolute Gasteiger partial charge is 0.350 e. The van der Waals surface area contributed by atoms with Crippen molar-refractivity contribution < 1.29 is 17.9 Å². The Hall–Kier alpha value is -1.28. The Kier molecular flexibility index (Phi) is 4.48. The van der Waals surface area contributed by atoms with Gasteiger partial charge in [-0.2, -0.15) is 0 Å². The summed E-state index contributed by atoms with van der Waals surface area (Å²) in [5.41, 5.74) is 5.89. The molecule has 2 rings (SSSR count). The summed E-state index contributed by atoms with van der Waals surface area (Å²) in [6.07, 6.45) is 2.05. The summed E-state index contributed by atoms with van der Waals surface area (Å²) in [6.45, 7) is 3.65. The molecule has 8 heteroatoms. The van der Waals surface area contributed by atoms with Gasteiger partial charge in [-0.1, -0.05) is 20.3 Å². The Balaban J connectivity index is 2.44. The number of hydrogen-bond donors (Lipinski definition) is 2. The fourth-order valence-electron chi connectivity index (χ4n) is 2.27. The van der Waals surface area contributed by atoms with E-state index in [1.165, 1.54) is 7.11 Å². The van der Waals surface area contributed by atoms with Crippen LogP contribution >= 0.6 is 11.3 Å². The zero-order valence-electron chi connectivity index (χ0n) is 12.3. The number of ether oxygens (including phenoxy) is 1. The summed E-state index contributed by atoms with van der Waals surface area (Å²) in [7, 11) is -2.26. The molecule has 1 aliphatic carbocycles. The molecule has 118 valence electrons. The summed E-state index contributed by atoms with van der Waals surface area (Å²) < 4.78 is 29.2. The number of carbonyl (C=O) groups excluding carboxylic acids is 1. The summed E-state index contributed by atoms with van der Waals surface area (Å²) in [4.78, 5) is 11.9. The molecule has 1 saturated carbocycles. The number of anilines is 2. The van der Waals surface area contributed by atoms with Crippen LogP contribution in [-0.4, -0.2) is 33.3 Å². The van der Waals surface area contributed by atoms with Crippen LogP contribution in [0.15, 0.2) is 4.90 Å². The lowest BCUT2D eigenvalue weighted by atomic mass is 10.3. The van der Waals surface area contributed by atoms with Gasteiger partial charge in [0.2, 0.25) is 0 Å². The summed E-state index contributed by atoms with van der Waals surface area (Å²) in [6, 6.07) is 0.254. The second kappa shape index (κ2) is 5.84. The molecule has 21 heavy (non-hydrogen) atoms. The number of esters is 1. The first-order valence-corrected chi connectivity index (χ1v) is 9.32.